The van der Waals surface area contributed by atoms with Crippen molar-refractivity contribution in [2.75, 3.05) is 11.9 Å². The predicted octanol–water partition coefficient (Wildman–Crippen LogP) is 3.83. The van der Waals surface area contributed by atoms with Crippen LogP contribution in [-0.4, -0.2) is 24.6 Å². The second kappa shape index (κ2) is 8.87. The molecule has 0 saturated heterocycles. The molecule has 0 aromatic heterocycles. The Morgan fingerprint density at radius 1 is 1.08 bits per heavy atom. The summed E-state index contributed by atoms with van der Waals surface area (Å²) in [5.41, 5.74) is 2.06. The number of esters is 1. The molecule has 0 atom stereocenters. The van der Waals surface area contributed by atoms with Gasteiger partial charge in [-0.2, -0.15) is 0 Å². The molecular weight excluding hydrogens is 318 g/mol. The first-order valence-corrected chi connectivity index (χ1v) is 8.30. The smallest absolute Gasteiger partial charge is 0.338 e. The molecule has 25 heavy (non-hydrogen) atoms. The van der Waals surface area contributed by atoms with Gasteiger partial charge in [-0.3, -0.25) is 4.79 Å². The van der Waals surface area contributed by atoms with E-state index in [-0.39, 0.29) is 18.6 Å². The number of carbonyl (C=O) groups excluding carboxylic acids is 2. The van der Waals surface area contributed by atoms with E-state index in [1.807, 2.05) is 24.3 Å². The number of carbonyl (C=O) groups is 2. The van der Waals surface area contributed by atoms with Crippen molar-refractivity contribution in [2.24, 2.45) is 0 Å². The fraction of sp³-hybridized carbons (Fsp3) is 0.300. The van der Waals surface area contributed by atoms with Crippen molar-refractivity contribution in [1.82, 2.24) is 0 Å². The number of hydrogen-bond acceptors (Lipinski definition) is 4. The Labute approximate surface area is 148 Å². The van der Waals surface area contributed by atoms with Crippen molar-refractivity contribution in [1.29, 1.82) is 0 Å². The predicted molar refractivity (Wildman–Crippen MR) is 96.9 cm³/mol. The van der Waals surface area contributed by atoms with Gasteiger partial charge < -0.3 is 14.8 Å². The average Bonchev–Trinajstić information content (AvgIpc) is 2.60. The van der Waals surface area contributed by atoms with Crippen LogP contribution < -0.4 is 10.1 Å². The molecule has 0 radical (unpaired) electrons. The van der Waals surface area contributed by atoms with Crippen molar-refractivity contribution in [2.45, 2.75) is 33.3 Å². The van der Waals surface area contributed by atoms with Crippen LogP contribution >= 0.6 is 0 Å². The number of nitrogens with one attached hydrogen (secondary N) is 1. The molecule has 0 fully saturated rings. The minimum atomic E-state index is -0.418. The van der Waals surface area contributed by atoms with E-state index in [4.69, 9.17) is 9.47 Å². The van der Waals surface area contributed by atoms with E-state index in [0.717, 1.165) is 12.0 Å². The van der Waals surface area contributed by atoms with E-state index >= 15 is 0 Å². The number of hydrogen-bond donors (Lipinski definition) is 1. The van der Waals surface area contributed by atoms with E-state index in [1.165, 1.54) is 0 Å². The molecule has 0 saturated carbocycles. The Morgan fingerprint density at radius 2 is 1.84 bits per heavy atom. The molecule has 1 amide bonds. The molecule has 0 unspecified atom stereocenters. The van der Waals surface area contributed by atoms with Crippen LogP contribution in [0.4, 0.5) is 5.69 Å². The summed E-state index contributed by atoms with van der Waals surface area (Å²) < 4.78 is 10.7. The highest BCUT2D eigenvalue weighted by Gasteiger charge is 2.11. The summed E-state index contributed by atoms with van der Waals surface area (Å²) >= 11 is 0. The Morgan fingerprint density at radius 3 is 2.56 bits per heavy atom. The highest BCUT2D eigenvalue weighted by Crippen LogP contribution is 2.15. The van der Waals surface area contributed by atoms with Crippen LogP contribution in [0.1, 0.15) is 36.7 Å². The molecular formula is C20H23NO4. The van der Waals surface area contributed by atoms with Crippen LogP contribution in [0.3, 0.4) is 0 Å². The molecule has 0 bridgehead atoms. The maximum atomic E-state index is 12.0. The van der Waals surface area contributed by atoms with Crippen molar-refractivity contribution in [3.63, 3.8) is 0 Å². The second-order valence-corrected chi connectivity index (χ2v) is 5.87. The number of benzene rings is 2. The first-order valence-electron chi connectivity index (χ1n) is 8.30. The van der Waals surface area contributed by atoms with Crippen molar-refractivity contribution >= 4 is 17.6 Å². The highest BCUT2D eigenvalue weighted by atomic mass is 16.5. The van der Waals surface area contributed by atoms with Gasteiger partial charge in [-0.25, -0.2) is 4.79 Å². The molecule has 5 nitrogen and oxygen atoms in total. The van der Waals surface area contributed by atoms with Crippen molar-refractivity contribution < 1.29 is 19.1 Å². The maximum Gasteiger partial charge on any atom is 0.338 e. The number of amides is 1. The molecule has 0 aliphatic carbocycles. The fourth-order valence-electron chi connectivity index (χ4n) is 2.21. The normalized spacial score (nSPS) is 10.4. The zero-order valence-electron chi connectivity index (χ0n) is 14.7. The minimum absolute atomic E-state index is 0.103. The first-order chi connectivity index (χ1) is 12.0. The molecule has 0 aliphatic rings. The van der Waals surface area contributed by atoms with E-state index < -0.39 is 5.97 Å². The third kappa shape index (κ3) is 5.95. The summed E-state index contributed by atoms with van der Waals surface area (Å²) in [5.74, 6) is -0.0567. The highest BCUT2D eigenvalue weighted by molar-refractivity contribution is 5.95. The van der Waals surface area contributed by atoms with Gasteiger partial charge in [0.15, 0.2) is 6.61 Å². The van der Waals surface area contributed by atoms with Gasteiger partial charge in [0.05, 0.1) is 11.7 Å². The van der Waals surface area contributed by atoms with E-state index in [9.17, 15) is 9.59 Å². The Balaban J connectivity index is 1.92. The molecule has 0 heterocycles. The van der Waals surface area contributed by atoms with Crippen LogP contribution in [0.25, 0.3) is 0 Å². The van der Waals surface area contributed by atoms with Gasteiger partial charge in [-0.15, -0.1) is 0 Å². The van der Waals surface area contributed by atoms with Crippen molar-refractivity contribution in [3.05, 3.63) is 59.7 Å². The van der Waals surface area contributed by atoms with E-state index in [1.54, 1.807) is 38.1 Å². The SMILES string of the molecule is CCc1cccc(OCC(=O)Nc2cccc(C(=O)OC(C)C)c2)c1. The number of ether oxygens (including phenoxy) is 2. The lowest BCUT2D eigenvalue weighted by Gasteiger charge is -2.10. The number of rotatable bonds is 7. The first kappa shape index (κ1) is 18.5. The maximum absolute atomic E-state index is 12.0. The quantitative estimate of drug-likeness (QED) is 0.777. The Bertz CT molecular complexity index is 740. The number of aryl methyl sites for hydroxylation is 1. The lowest BCUT2D eigenvalue weighted by atomic mass is 10.2. The molecule has 5 heteroatoms. The Kier molecular flexibility index (Phi) is 6.57. The second-order valence-electron chi connectivity index (χ2n) is 5.87. The van der Waals surface area contributed by atoms with Gasteiger partial charge in [0.25, 0.3) is 5.91 Å². The zero-order chi connectivity index (χ0) is 18.2. The summed E-state index contributed by atoms with van der Waals surface area (Å²) in [7, 11) is 0. The summed E-state index contributed by atoms with van der Waals surface area (Å²) in [4.78, 5) is 24.0. The monoisotopic (exact) mass is 341 g/mol. The van der Waals surface area contributed by atoms with Gasteiger partial charge in [-0.1, -0.05) is 25.1 Å². The van der Waals surface area contributed by atoms with Gasteiger partial charge in [0, 0.05) is 5.69 Å². The van der Waals surface area contributed by atoms with Gasteiger partial charge in [0.2, 0.25) is 0 Å². The molecule has 1 N–H and O–H groups in total. The van der Waals surface area contributed by atoms with E-state index in [2.05, 4.69) is 12.2 Å². The summed E-state index contributed by atoms with van der Waals surface area (Å²) in [6.45, 7) is 5.53. The van der Waals surface area contributed by atoms with Crippen LogP contribution in [0.2, 0.25) is 0 Å². The lowest BCUT2D eigenvalue weighted by Crippen LogP contribution is -2.20. The molecule has 2 aromatic rings. The van der Waals surface area contributed by atoms with Crippen LogP contribution in [0, 0.1) is 0 Å². The van der Waals surface area contributed by atoms with Crippen LogP contribution in [0.5, 0.6) is 5.75 Å². The van der Waals surface area contributed by atoms with E-state index in [0.29, 0.717) is 17.0 Å². The number of anilines is 1. The molecule has 2 aromatic carbocycles. The average molecular weight is 341 g/mol. The molecule has 2 rings (SSSR count). The molecule has 0 aliphatic heterocycles. The minimum Gasteiger partial charge on any atom is -0.484 e. The lowest BCUT2D eigenvalue weighted by molar-refractivity contribution is -0.118. The van der Waals surface area contributed by atoms with Gasteiger partial charge in [-0.05, 0) is 56.2 Å². The van der Waals surface area contributed by atoms with Gasteiger partial charge in [0.1, 0.15) is 5.75 Å². The van der Waals surface area contributed by atoms with Crippen LogP contribution in [-0.2, 0) is 16.0 Å². The van der Waals surface area contributed by atoms with Gasteiger partial charge >= 0.3 is 5.97 Å². The molecule has 0 spiro atoms. The zero-order valence-corrected chi connectivity index (χ0v) is 14.7. The summed E-state index contributed by atoms with van der Waals surface area (Å²) in [5, 5.41) is 2.72. The molecule has 132 valence electrons. The Hall–Kier alpha value is -2.82. The topological polar surface area (TPSA) is 64.6 Å². The standard InChI is InChI=1S/C20H23NO4/c1-4-15-7-5-10-18(11-15)24-13-19(22)21-17-9-6-8-16(12-17)20(23)25-14(2)3/h5-12,14H,4,13H2,1-3H3,(H,21,22). The fourth-order valence-corrected chi connectivity index (χ4v) is 2.21. The largest absolute Gasteiger partial charge is 0.484 e. The van der Waals surface area contributed by atoms with Crippen molar-refractivity contribution in [3.8, 4) is 5.75 Å². The third-order valence-electron chi connectivity index (χ3n) is 3.40. The summed E-state index contributed by atoms with van der Waals surface area (Å²) in [6.07, 6.45) is 0.709. The van der Waals surface area contributed by atoms with Crippen LogP contribution in [0.15, 0.2) is 48.5 Å². The third-order valence-corrected chi connectivity index (χ3v) is 3.40. The summed E-state index contributed by atoms with van der Waals surface area (Å²) in [6, 6.07) is 14.3.